The number of nitrogens with zero attached hydrogens (tertiary/aromatic N) is 2. The zero-order valence-electron chi connectivity index (χ0n) is 38.0. The highest BCUT2D eigenvalue weighted by Gasteiger charge is 2.29. The molecule has 3 aromatic heterocycles. The van der Waals surface area contributed by atoms with E-state index in [-0.39, 0.29) is 52.9 Å². The maximum atomic E-state index is 6.42. The maximum absolute atomic E-state index is 6.42. The number of hydrogen-bond acceptors (Lipinski definition) is 18. The topological polar surface area (TPSA) is 205 Å². The molecule has 64 heavy (non-hydrogen) atoms. The lowest BCUT2D eigenvalue weighted by Gasteiger charge is -2.12. The standard InChI is InChI=1S/C44H62N4O16/c1-49-9-17-57-37-29-25-31-39(59-19-11-51-3)41(61-21-13-53-5)33(46-31)27-35-43(63-23-15-55-7)44(64-24-16-56-8)36(48-35)28-34-42(62-22-14-54-6)40(60-20-12-52-4)32(47-34)26-30(45-29)38(37)58-18-10-50-2/h25-28,45,48H,9-24H2,1-8H3. The Bertz CT molecular complexity index is 1850. The van der Waals surface area contributed by atoms with Crippen LogP contribution in [0.4, 0.5) is 0 Å². The minimum atomic E-state index is 0.186. The molecular weight excluding hydrogens is 840 g/mol. The van der Waals surface area contributed by atoms with Gasteiger partial charge in [-0.2, -0.15) is 0 Å². The second-order valence-electron chi connectivity index (χ2n) is 13.6. The van der Waals surface area contributed by atoms with Crippen molar-refractivity contribution in [1.29, 1.82) is 0 Å². The number of methoxy groups -OCH3 is 8. The van der Waals surface area contributed by atoms with E-state index in [1.165, 1.54) is 0 Å². The van der Waals surface area contributed by atoms with Gasteiger partial charge in [0.05, 0.1) is 74.9 Å². The van der Waals surface area contributed by atoms with Gasteiger partial charge in [-0.05, 0) is 24.3 Å². The molecule has 0 atom stereocenters. The minimum Gasteiger partial charge on any atom is -0.485 e. The molecule has 0 aliphatic carbocycles. The molecule has 20 heteroatoms. The lowest BCUT2D eigenvalue weighted by atomic mass is 10.2. The number of aromatic amines is 2. The van der Waals surface area contributed by atoms with Crippen molar-refractivity contribution in [2.45, 2.75) is 0 Å². The molecule has 0 amide bonds. The van der Waals surface area contributed by atoms with Crippen molar-refractivity contribution < 1.29 is 75.8 Å². The molecule has 354 valence electrons. The van der Waals surface area contributed by atoms with Crippen LogP contribution in [0.25, 0.3) is 45.1 Å². The average molecular weight is 903 g/mol. The molecule has 3 aromatic rings. The first kappa shape index (κ1) is 49.7. The van der Waals surface area contributed by atoms with E-state index in [1.54, 1.807) is 81.1 Å². The van der Waals surface area contributed by atoms with Crippen molar-refractivity contribution in [2.24, 2.45) is 0 Å². The number of nitrogens with one attached hydrogen (secondary N) is 2. The van der Waals surface area contributed by atoms with E-state index >= 15 is 0 Å². The number of H-pyrrole nitrogens is 2. The molecule has 20 nitrogen and oxygen atoms in total. The molecule has 0 radical (unpaired) electrons. The van der Waals surface area contributed by atoms with Gasteiger partial charge in [0, 0.05) is 56.9 Å². The summed E-state index contributed by atoms with van der Waals surface area (Å²) in [7, 11) is 12.8. The Morgan fingerprint density at radius 1 is 0.281 bits per heavy atom. The van der Waals surface area contributed by atoms with Gasteiger partial charge < -0.3 is 85.8 Å². The summed E-state index contributed by atoms with van der Waals surface area (Å²) in [5, 5.41) is 0. The zero-order valence-corrected chi connectivity index (χ0v) is 38.0. The summed E-state index contributed by atoms with van der Waals surface area (Å²) in [6.45, 7) is 3.87. The highest BCUT2D eigenvalue weighted by atomic mass is 16.6. The van der Waals surface area contributed by atoms with Gasteiger partial charge in [-0.15, -0.1) is 0 Å². The molecule has 2 aliphatic heterocycles. The molecule has 5 heterocycles. The highest BCUT2D eigenvalue weighted by Crippen LogP contribution is 2.43. The third-order valence-electron chi connectivity index (χ3n) is 9.15. The number of rotatable bonds is 32. The summed E-state index contributed by atoms with van der Waals surface area (Å²) in [6.07, 6.45) is 0. The number of fused-ring (bicyclic) bond motifs is 8. The monoisotopic (exact) mass is 902 g/mol. The molecule has 0 spiro atoms. The summed E-state index contributed by atoms with van der Waals surface area (Å²) in [4.78, 5) is 17.2. The zero-order chi connectivity index (χ0) is 45.5. The van der Waals surface area contributed by atoms with Crippen LogP contribution in [0.5, 0.6) is 23.0 Å². The molecular formula is C44H62N4O16. The molecule has 0 saturated heterocycles. The van der Waals surface area contributed by atoms with Gasteiger partial charge in [-0.25, -0.2) is 9.97 Å². The summed E-state index contributed by atoms with van der Waals surface area (Å²) >= 11 is 0. The maximum Gasteiger partial charge on any atom is 0.189 e. The molecule has 0 unspecified atom stereocenters. The second kappa shape index (κ2) is 27.1. The quantitative estimate of drug-likeness (QED) is 0.0814. The highest BCUT2D eigenvalue weighted by molar-refractivity contribution is 5.92. The van der Waals surface area contributed by atoms with Crippen LogP contribution in [0.3, 0.4) is 0 Å². The fraction of sp³-hybridized carbons (Fsp3) is 0.545. The van der Waals surface area contributed by atoms with Crippen molar-refractivity contribution in [1.82, 2.24) is 19.9 Å². The van der Waals surface area contributed by atoms with Gasteiger partial charge in [0.1, 0.15) is 75.6 Å². The first-order chi connectivity index (χ1) is 31.5. The summed E-state index contributed by atoms with van der Waals surface area (Å²) in [6, 6.07) is 7.16. The van der Waals surface area contributed by atoms with E-state index in [4.69, 9.17) is 85.8 Å². The average Bonchev–Trinajstić information content (AvgIpc) is 3.99. The van der Waals surface area contributed by atoms with Crippen molar-refractivity contribution >= 4 is 45.1 Å². The van der Waals surface area contributed by atoms with Gasteiger partial charge in [0.2, 0.25) is 0 Å². The fourth-order valence-electron chi connectivity index (χ4n) is 6.23. The van der Waals surface area contributed by atoms with Crippen LogP contribution in [0.15, 0.2) is 24.3 Å². The van der Waals surface area contributed by atoms with Gasteiger partial charge in [0.25, 0.3) is 0 Å². The van der Waals surface area contributed by atoms with Crippen LogP contribution >= 0.6 is 0 Å². The van der Waals surface area contributed by atoms with Crippen molar-refractivity contribution in [3.05, 3.63) is 47.0 Å². The minimum absolute atomic E-state index is 0.186. The predicted molar refractivity (Wildman–Crippen MR) is 235 cm³/mol. The molecule has 5 rings (SSSR count). The number of ether oxygens (including phenoxy) is 16. The summed E-state index contributed by atoms with van der Waals surface area (Å²) in [5.74, 6) is 2.88. The van der Waals surface area contributed by atoms with E-state index in [0.29, 0.717) is 144 Å². The van der Waals surface area contributed by atoms with Crippen LogP contribution in [0, 0.1) is 0 Å². The van der Waals surface area contributed by atoms with E-state index in [1.807, 2.05) is 0 Å². The third-order valence-corrected chi connectivity index (χ3v) is 9.15. The van der Waals surface area contributed by atoms with E-state index < -0.39 is 0 Å². The van der Waals surface area contributed by atoms with Crippen molar-refractivity contribution in [2.75, 3.05) is 163 Å². The van der Waals surface area contributed by atoms with Gasteiger partial charge in [0.15, 0.2) is 46.0 Å². The Labute approximate surface area is 372 Å². The third kappa shape index (κ3) is 13.4. The van der Waals surface area contributed by atoms with E-state index in [9.17, 15) is 0 Å². The van der Waals surface area contributed by atoms with Crippen LogP contribution in [-0.2, 0) is 56.8 Å². The molecule has 8 bridgehead atoms. The Morgan fingerprint density at radius 3 is 0.656 bits per heavy atom. The van der Waals surface area contributed by atoms with Crippen LogP contribution in [0.1, 0.15) is 22.8 Å². The lowest BCUT2D eigenvalue weighted by molar-refractivity contribution is 0.122. The smallest absolute Gasteiger partial charge is 0.189 e. The fourth-order valence-corrected chi connectivity index (χ4v) is 6.23. The molecule has 2 N–H and O–H groups in total. The van der Waals surface area contributed by atoms with E-state index in [0.717, 1.165) is 0 Å². The van der Waals surface area contributed by atoms with Crippen LogP contribution < -0.4 is 18.9 Å². The van der Waals surface area contributed by atoms with E-state index in [2.05, 4.69) is 9.97 Å². The lowest BCUT2D eigenvalue weighted by Crippen LogP contribution is -2.08. The largest absolute Gasteiger partial charge is 0.485 e. The molecule has 0 fully saturated rings. The van der Waals surface area contributed by atoms with Gasteiger partial charge >= 0.3 is 0 Å². The number of hydrogen-bond donors (Lipinski definition) is 2. The summed E-state index contributed by atoms with van der Waals surface area (Å²) < 4.78 is 94.2. The van der Waals surface area contributed by atoms with Gasteiger partial charge in [-0.1, -0.05) is 0 Å². The summed E-state index contributed by atoms with van der Waals surface area (Å²) in [5.41, 5.74) is 3.56. The molecule has 0 saturated carbocycles. The molecule has 2 aliphatic rings. The normalized spacial score (nSPS) is 12.5. The number of aromatic nitrogens is 4. The Hall–Kier alpha value is -5.32. The predicted octanol–water partition coefficient (Wildman–Crippen LogP) is 4.72. The van der Waals surface area contributed by atoms with Crippen molar-refractivity contribution in [3.8, 4) is 23.0 Å². The SMILES string of the molecule is COCCOC1=C(OCCOC)c2cc3[nH]c(cc4nc(cc5[nH]c(cc1n2)c(OCCOC)c5OCCOC)C(OCCOC)=C4OCCOC)c(OCCOC)c3OCCOC. The Kier molecular flexibility index (Phi) is 21.0. The van der Waals surface area contributed by atoms with Crippen LogP contribution in [0.2, 0.25) is 0 Å². The Balaban J connectivity index is 1.99. The van der Waals surface area contributed by atoms with Crippen LogP contribution in [-0.4, -0.2) is 183 Å². The second-order valence-corrected chi connectivity index (χ2v) is 13.6. The Morgan fingerprint density at radius 2 is 0.469 bits per heavy atom. The first-order valence-corrected chi connectivity index (χ1v) is 20.7. The first-order valence-electron chi connectivity index (χ1n) is 20.7. The van der Waals surface area contributed by atoms with Crippen molar-refractivity contribution in [3.63, 3.8) is 0 Å². The van der Waals surface area contributed by atoms with Gasteiger partial charge in [-0.3, -0.25) is 0 Å². The molecule has 0 aromatic carbocycles.